The van der Waals surface area contributed by atoms with E-state index < -0.39 is 11.2 Å². The Kier molecular flexibility index (Phi) is 2.32. The lowest BCUT2D eigenvalue weighted by Crippen LogP contribution is -2.24. The normalized spacial score (nSPS) is 20.1. The van der Waals surface area contributed by atoms with Crippen LogP contribution in [-0.2, 0) is 6.42 Å². The predicted octanol–water partition coefficient (Wildman–Crippen LogP) is -0.766. The van der Waals surface area contributed by atoms with Crippen LogP contribution >= 0.6 is 0 Å². The second-order valence-corrected chi connectivity index (χ2v) is 4.31. The summed E-state index contributed by atoms with van der Waals surface area (Å²) in [6.45, 7) is 1.03. The quantitative estimate of drug-likeness (QED) is 0.548. The molecule has 90 valence electrons. The first-order valence-electron chi connectivity index (χ1n) is 5.67. The largest absolute Gasteiger partial charge is 0.336 e. The van der Waals surface area contributed by atoms with Crippen molar-refractivity contribution < 1.29 is 0 Å². The first kappa shape index (κ1) is 10.3. The van der Waals surface area contributed by atoms with E-state index in [1.807, 2.05) is 0 Å². The lowest BCUT2D eigenvalue weighted by Gasteiger charge is -2.06. The maximum atomic E-state index is 11.5. The molecule has 3 heterocycles. The summed E-state index contributed by atoms with van der Waals surface area (Å²) in [5.74, 6) is 0.728. The van der Waals surface area contributed by atoms with Gasteiger partial charge in [0.1, 0.15) is 11.3 Å². The van der Waals surface area contributed by atoms with Gasteiger partial charge in [0.25, 0.3) is 5.56 Å². The van der Waals surface area contributed by atoms with Gasteiger partial charge in [0, 0.05) is 12.5 Å². The van der Waals surface area contributed by atoms with Crippen LogP contribution in [0.3, 0.4) is 0 Å². The van der Waals surface area contributed by atoms with Crippen molar-refractivity contribution in [3.63, 3.8) is 0 Å². The molecule has 2 aromatic heterocycles. The molecule has 0 spiro atoms. The summed E-state index contributed by atoms with van der Waals surface area (Å²) in [6, 6.07) is 0.404. The van der Waals surface area contributed by atoms with Crippen molar-refractivity contribution in [3.8, 4) is 0 Å². The second-order valence-electron chi connectivity index (χ2n) is 4.31. The number of aromatic nitrogens is 4. The van der Waals surface area contributed by atoms with E-state index in [4.69, 9.17) is 0 Å². The van der Waals surface area contributed by atoms with Crippen LogP contribution in [-0.4, -0.2) is 32.5 Å². The van der Waals surface area contributed by atoms with E-state index >= 15 is 0 Å². The SMILES string of the molecule is O=c1[nH]c(=O)c2[nH]c(CC3CCCN3)nc2[nH]1. The molecule has 0 amide bonds. The molecule has 7 nitrogen and oxygen atoms in total. The molecule has 1 unspecified atom stereocenters. The highest BCUT2D eigenvalue weighted by atomic mass is 16.2. The molecule has 1 fully saturated rings. The molecule has 1 atom stereocenters. The minimum Gasteiger partial charge on any atom is -0.336 e. The van der Waals surface area contributed by atoms with Crippen molar-refractivity contribution >= 4 is 11.2 Å². The smallest absolute Gasteiger partial charge is 0.327 e. The molecular formula is C10H13N5O2. The lowest BCUT2D eigenvalue weighted by atomic mass is 10.1. The molecular weight excluding hydrogens is 222 g/mol. The molecule has 3 rings (SSSR count). The molecule has 1 aliphatic rings. The van der Waals surface area contributed by atoms with Gasteiger partial charge in [-0.05, 0) is 19.4 Å². The van der Waals surface area contributed by atoms with Crippen molar-refractivity contribution in [1.82, 2.24) is 25.3 Å². The average Bonchev–Trinajstić information content (AvgIpc) is 2.87. The molecule has 1 saturated heterocycles. The number of imidazole rings is 1. The zero-order valence-electron chi connectivity index (χ0n) is 9.17. The fourth-order valence-electron chi connectivity index (χ4n) is 2.24. The van der Waals surface area contributed by atoms with Crippen LogP contribution in [0.25, 0.3) is 11.2 Å². The zero-order chi connectivity index (χ0) is 11.8. The number of nitrogens with zero attached hydrogens (tertiary/aromatic N) is 1. The van der Waals surface area contributed by atoms with Gasteiger partial charge < -0.3 is 10.3 Å². The Hall–Kier alpha value is -1.89. The monoisotopic (exact) mass is 235 g/mol. The number of hydrogen-bond donors (Lipinski definition) is 4. The summed E-state index contributed by atoms with van der Waals surface area (Å²) in [5.41, 5.74) is -0.300. The highest BCUT2D eigenvalue weighted by Crippen LogP contribution is 2.11. The number of fused-ring (bicyclic) bond motifs is 1. The highest BCUT2D eigenvalue weighted by molar-refractivity contribution is 5.68. The van der Waals surface area contributed by atoms with Crippen LogP contribution < -0.4 is 16.6 Å². The number of rotatable bonds is 2. The summed E-state index contributed by atoms with van der Waals surface area (Å²) in [5, 5.41) is 3.36. The number of hydrogen-bond acceptors (Lipinski definition) is 4. The van der Waals surface area contributed by atoms with Crippen LogP contribution in [0.4, 0.5) is 0 Å². The molecule has 1 aliphatic heterocycles. The zero-order valence-corrected chi connectivity index (χ0v) is 9.17. The Morgan fingerprint density at radius 3 is 2.88 bits per heavy atom. The summed E-state index contributed by atoms with van der Waals surface area (Å²) >= 11 is 0. The van der Waals surface area contributed by atoms with Crippen LogP contribution in [0.1, 0.15) is 18.7 Å². The lowest BCUT2D eigenvalue weighted by molar-refractivity contribution is 0.589. The topological polar surface area (TPSA) is 106 Å². The average molecular weight is 235 g/mol. The van der Waals surface area contributed by atoms with Crippen molar-refractivity contribution in [1.29, 1.82) is 0 Å². The van der Waals surface area contributed by atoms with Gasteiger partial charge >= 0.3 is 5.69 Å². The standard InChI is InChI=1S/C10H13N5O2/c16-9-7-8(14-10(17)15-9)13-6(12-7)4-5-2-1-3-11-5/h5,11H,1-4H2,(H3,12,13,14,15,16,17). The van der Waals surface area contributed by atoms with Gasteiger partial charge in [-0.2, -0.15) is 0 Å². The second kappa shape index (κ2) is 3.85. The molecule has 0 aliphatic carbocycles. The van der Waals surface area contributed by atoms with Crippen LogP contribution in [0.5, 0.6) is 0 Å². The fourth-order valence-corrected chi connectivity index (χ4v) is 2.24. The molecule has 0 bridgehead atoms. The molecule has 4 N–H and O–H groups in total. The van der Waals surface area contributed by atoms with Crippen LogP contribution in [0, 0.1) is 0 Å². The third kappa shape index (κ3) is 1.89. The predicted molar refractivity (Wildman–Crippen MR) is 62.1 cm³/mol. The highest BCUT2D eigenvalue weighted by Gasteiger charge is 2.17. The Bertz CT molecular complexity index is 646. The maximum Gasteiger partial charge on any atom is 0.327 e. The molecule has 0 radical (unpaired) electrons. The van der Waals surface area contributed by atoms with Gasteiger partial charge in [-0.3, -0.25) is 14.8 Å². The minimum absolute atomic E-state index is 0.326. The van der Waals surface area contributed by atoms with E-state index in [0.29, 0.717) is 17.2 Å². The van der Waals surface area contributed by atoms with Gasteiger partial charge in [0.05, 0.1) is 0 Å². The van der Waals surface area contributed by atoms with E-state index in [1.54, 1.807) is 0 Å². The molecule has 0 saturated carbocycles. The van der Waals surface area contributed by atoms with E-state index in [0.717, 1.165) is 25.2 Å². The summed E-state index contributed by atoms with van der Waals surface area (Å²) in [6.07, 6.45) is 3.03. The van der Waals surface area contributed by atoms with E-state index in [2.05, 4.69) is 25.3 Å². The number of nitrogens with one attached hydrogen (secondary N) is 4. The Morgan fingerprint density at radius 1 is 1.24 bits per heavy atom. The Balaban J connectivity index is 1.98. The summed E-state index contributed by atoms with van der Waals surface area (Å²) in [4.78, 5) is 34.4. The van der Waals surface area contributed by atoms with Gasteiger partial charge in [-0.15, -0.1) is 0 Å². The van der Waals surface area contributed by atoms with Gasteiger partial charge in [0.2, 0.25) is 0 Å². The molecule has 17 heavy (non-hydrogen) atoms. The Morgan fingerprint density at radius 2 is 2.12 bits per heavy atom. The third-order valence-electron chi connectivity index (χ3n) is 3.04. The number of H-pyrrole nitrogens is 3. The van der Waals surface area contributed by atoms with Gasteiger partial charge in [-0.1, -0.05) is 0 Å². The Labute approximate surface area is 95.7 Å². The van der Waals surface area contributed by atoms with Crippen molar-refractivity contribution in [2.75, 3.05) is 6.54 Å². The molecule has 7 heteroatoms. The first-order valence-corrected chi connectivity index (χ1v) is 5.67. The fraction of sp³-hybridized carbons (Fsp3) is 0.500. The molecule has 0 aromatic carbocycles. The van der Waals surface area contributed by atoms with E-state index in [1.165, 1.54) is 6.42 Å². The maximum absolute atomic E-state index is 11.5. The van der Waals surface area contributed by atoms with E-state index in [-0.39, 0.29) is 0 Å². The van der Waals surface area contributed by atoms with Crippen LogP contribution in [0.15, 0.2) is 9.59 Å². The first-order chi connectivity index (χ1) is 8.22. The third-order valence-corrected chi connectivity index (χ3v) is 3.04. The van der Waals surface area contributed by atoms with Crippen molar-refractivity contribution in [3.05, 3.63) is 26.7 Å². The van der Waals surface area contributed by atoms with Gasteiger partial charge in [0.15, 0.2) is 5.65 Å². The van der Waals surface area contributed by atoms with Crippen molar-refractivity contribution in [2.24, 2.45) is 0 Å². The summed E-state index contributed by atoms with van der Waals surface area (Å²) in [7, 11) is 0. The van der Waals surface area contributed by atoms with Gasteiger partial charge in [-0.25, -0.2) is 9.78 Å². The van der Waals surface area contributed by atoms with E-state index in [9.17, 15) is 9.59 Å². The van der Waals surface area contributed by atoms with Crippen LogP contribution in [0.2, 0.25) is 0 Å². The minimum atomic E-state index is -0.528. The molecule has 2 aromatic rings. The van der Waals surface area contributed by atoms with Crippen molar-refractivity contribution in [2.45, 2.75) is 25.3 Å². The number of aromatic amines is 3. The summed E-state index contributed by atoms with van der Waals surface area (Å²) < 4.78 is 0.